The summed E-state index contributed by atoms with van der Waals surface area (Å²) in [6, 6.07) is 4.16. The molecule has 2 aliphatic rings. The van der Waals surface area contributed by atoms with Gasteiger partial charge in [0.15, 0.2) is 0 Å². The van der Waals surface area contributed by atoms with E-state index in [4.69, 9.17) is 0 Å². The summed E-state index contributed by atoms with van der Waals surface area (Å²) in [6.07, 6.45) is 2.70. The number of piperidine rings is 1. The molecule has 110 valence electrons. The van der Waals surface area contributed by atoms with Gasteiger partial charge in [-0.3, -0.25) is 19.5 Å². The standard InChI is InChI=1S/C16H13N3O3/c1-8-2-4-11(15(21)18-8)19-10-6-7-17-14-12(20)5-3-9(13(10)14)16(19)22/h3,5-7,11,20H,1-2,4H2,(H,18,21). The lowest BCUT2D eigenvalue weighted by molar-refractivity contribution is -0.122. The first-order valence-electron chi connectivity index (χ1n) is 7.01. The van der Waals surface area contributed by atoms with E-state index in [1.165, 1.54) is 17.2 Å². The molecule has 2 aromatic rings. The molecular weight excluding hydrogens is 282 g/mol. The van der Waals surface area contributed by atoms with Crippen molar-refractivity contribution in [3.63, 3.8) is 0 Å². The Hall–Kier alpha value is -2.89. The van der Waals surface area contributed by atoms with Crippen LogP contribution in [0.4, 0.5) is 5.69 Å². The molecular formula is C16H13N3O3. The van der Waals surface area contributed by atoms with Crippen LogP contribution in [0.1, 0.15) is 23.2 Å². The lowest BCUT2D eigenvalue weighted by Gasteiger charge is -2.31. The summed E-state index contributed by atoms with van der Waals surface area (Å²) in [7, 11) is 0. The molecule has 1 fully saturated rings. The molecule has 0 bridgehead atoms. The Kier molecular flexibility index (Phi) is 2.51. The van der Waals surface area contributed by atoms with E-state index < -0.39 is 6.04 Å². The van der Waals surface area contributed by atoms with E-state index in [0.717, 1.165) is 0 Å². The number of nitrogens with zero attached hydrogens (tertiary/aromatic N) is 2. The zero-order valence-electron chi connectivity index (χ0n) is 11.7. The number of benzene rings is 1. The van der Waals surface area contributed by atoms with Crippen molar-refractivity contribution in [3.8, 4) is 5.75 Å². The molecule has 6 nitrogen and oxygen atoms in total. The number of phenolic OH excluding ortho intramolecular Hbond substituents is 1. The fourth-order valence-electron chi connectivity index (χ4n) is 3.17. The van der Waals surface area contributed by atoms with Crippen LogP contribution in [-0.2, 0) is 4.79 Å². The maximum Gasteiger partial charge on any atom is 0.259 e. The van der Waals surface area contributed by atoms with Crippen LogP contribution in [0.25, 0.3) is 10.9 Å². The molecule has 2 aliphatic heterocycles. The number of hydrogen-bond acceptors (Lipinski definition) is 4. The summed E-state index contributed by atoms with van der Waals surface area (Å²) in [5.74, 6) is -0.441. The Labute approximate surface area is 126 Å². The fraction of sp³-hybridized carbons (Fsp3) is 0.188. The lowest BCUT2D eigenvalue weighted by atomic mass is 10.0. The highest BCUT2D eigenvalue weighted by Gasteiger charge is 2.40. The molecule has 1 saturated heterocycles. The third-order valence-electron chi connectivity index (χ3n) is 4.19. The summed E-state index contributed by atoms with van der Waals surface area (Å²) in [5, 5.41) is 13.2. The smallest absolute Gasteiger partial charge is 0.259 e. The number of amides is 2. The topological polar surface area (TPSA) is 82.5 Å². The molecule has 0 saturated carbocycles. The van der Waals surface area contributed by atoms with E-state index in [2.05, 4.69) is 16.9 Å². The Morgan fingerprint density at radius 3 is 2.91 bits per heavy atom. The minimum atomic E-state index is -0.571. The van der Waals surface area contributed by atoms with Crippen molar-refractivity contribution in [3.05, 3.63) is 42.2 Å². The highest BCUT2D eigenvalue weighted by atomic mass is 16.3. The van der Waals surface area contributed by atoms with Gasteiger partial charge in [-0.15, -0.1) is 0 Å². The highest BCUT2D eigenvalue weighted by molar-refractivity contribution is 6.26. The van der Waals surface area contributed by atoms with Gasteiger partial charge in [0.2, 0.25) is 5.91 Å². The van der Waals surface area contributed by atoms with Crippen LogP contribution < -0.4 is 10.2 Å². The van der Waals surface area contributed by atoms with Crippen molar-refractivity contribution in [2.75, 3.05) is 4.90 Å². The van der Waals surface area contributed by atoms with Gasteiger partial charge in [0, 0.05) is 17.3 Å². The van der Waals surface area contributed by atoms with Crippen molar-refractivity contribution in [1.82, 2.24) is 10.3 Å². The molecule has 3 heterocycles. The van der Waals surface area contributed by atoms with Crippen molar-refractivity contribution >= 4 is 28.4 Å². The Bertz CT molecular complexity index is 859. The second-order valence-electron chi connectivity index (χ2n) is 5.51. The molecule has 6 heteroatoms. The molecule has 0 spiro atoms. The van der Waals surface area contributed by atoms with Crippen molar-refractivity contribution < 1.29 is 14.7 Å². The fourth-order valence-corrected chi connectivity index (χ4v) is 3.17. The van der Waals surface area contributed by atoms with Gasteiger partial charge in [-0.05, 0) is 31.0 Å². The minimum absolute atomic E-state index is 0.0247. The van der Waals surface area contributed by atoms with E-state index in [1.54, 1.807) is 12.1 Å². The average Bonchev–Trinajstić information content (AvgIpc) is 2.77. The largest absolute Gasteiger partial charge is 0.506 e. The number of aromatic hydroxyl groups is 1. The van der Waals surface area contributed by atoms with Crippen LogP contribution in [-0.4, -0.2) is 27.9 Å². The van der Waals surface area contributed by atoms with Gasteiger partial charge in [0.25, 0.3) is 5.91 Å². The van der Waals surface area contributed by atoms with Crippen molar-refractivity contribution in [2.45, 2.75) is 18.9 Å². The molecule has 4 rings (SSSR count). The third kappa shape index (κ3) is 1.57. The summed E-state index contributed by atoms with van der Waals surface area (Å²) < 4.78 is 0. The Balaban J connectivity index is 1.89. The predicted octanol–water partition coefficient (Wildman–Crippen LogP) is 1.69. The van der Waals surface area contributed by atoms with Crippen LogP contribution >= 0.6 is 0 Å². The van der Waals surface area contributed by atoms with E-state index in [9.17, 15) is 14.7 Å². The summed E-state index contributed by atoms with van der Waals surface area (Å²) in [5.41, 5.74) is 2.14. The van der Waals surface area contributed by atoms with Gasteiger partial charge in [-0.2, -0.15) is 0 Å². The van der Waals surface area contributed by atoms with Gasteiger partial charge in [-0.25, -0.2) is 0 Å². The minimum Gasteiger partial charge on any atom is -0.506 e. The summed E-state index contributed by atoms with van der Waals surface area (Å²) >= 11 is 0. The predicted molar refractivity (Wildman–Crippen MR) is 80.5 cm³/mol. The number of anilines is 1. The van der Waals surface area contributed by atoms with E-state index >= 15 is 0 Å². The van der Waals surface area contributed by atoms with Gasteiger partial charge in [0.1, 0.15) is 17.3 Å². The quantitative estimate of drug-likeness (QED) is 0.838. The van der Waals surface area contributed by atoms with E-state index in [1.807, 2.05) is 0 Å². The number of hydrogen-bond donors (Lipinski definition) is 2. The zero-order chi connectivity index (χ0) is 15.4. The third-order valence-corrected chi connectivity index (χ3v) is 4.19. The van der Waals surface area contributed by atoms with Crippen LogP contribution in [0.3, 0.4) is 0 Å². The van der Waals surface area contributed by atoms with E-state index in [0.29, 0.717) is 40.7 Å². The maximum atomic E-state index is 12.7. The molecule has 1 unspecified atom stereocenters. The van der Waals surface area contributed by atoms with Gasteiger partial charge in [-0.1, -0.05) is 6.58 Å². The number of rotatable bonds is 1. The van der Waals surface area contributed by atoms with Gasteiger partial charge < -0.3 is 10.4 Å². The lowest BCUT2D eigenvalue weighted by Crippen LogP contribution is -2.51. The van der Waals surface area contributed by atoms with Gasteiger partial charge in [0.05, 0.1) is 11.3 Å². The second kappa shape index (κ2) is 4.30. The number of carbonyl (C=O) groups is 2. The number of nitrogens with one attached hydrogen (secondary N) is 1. The van der Waals surface area contributed by atoms with Crippen molar-refractivity contribution in [2.24, 2.45) is 0 Å². The Morgan fingerprint density at radius 1 is 1.32 bits per heavy atom. The maximum absolute atomic E-state index is 12.7. The van der Waals surface area contributed by atoms with Crippen LogP contribution in [0.2, 0.25) is 0 Å². The molecule has 1 atom stereocenters. The molecule has 1 aromatic carbocycles. The number of pyridine rings is 1. The second-order valence-corrected chi connectivity index (χ2v) is 5.51. The first-order valence-corrected chi connectivity index (χ1v) is 7.01. The van der Waals surface area contributed by atoms with Crippen LogP contribution in [0.15, 0.2) is 36.7 Å². The molecule has 2 amide bonds. The number of carbonyl (C=O) groups excluding carboxylic acids is 2. The molecule has 1 aromatic heterocycles. The highest BCUT2D eigenvalue weighted by Crippen LogP contribution is 2.41. The summed E-state index contributed by atoms with van der Waals surface area (Å²) in [6.45, 7) is 3.76. The average molecular weight is 295 g/mol. The molecule has 0 aliphatic carbocycles. The summed E-state index contributed by atoms with van der Waals surface area (Å²) in [4.78, 5) is 30.6. The number of aromatic nitrogens is 1. The van der Waals surface area contributed by atoms with Gasteiger partial charge >= 0.3 is 0 Å². The number of allylic oxidation sites excluding steroid dienone is 1. The first-order chi connectivity index (χ1) is 10.6. The first kappa shape index (κ1) is 12.8. The monoisotopic (exact) mass is 295 g/mol. The van der Waals surface area contributed by atoms with Crippen LogP contribution in [0, 0.1) is 0 Å². The van der Waals surface area contributed by atoms with E-state index in [-0.39, 0.29) is 17.6 Å². The SMILES string of the molecule is C=C1CCC(N2C(=O)c3ccc(O)c4nccc2c34)C(=O)N1. The van der Waals surface area contributed by atoms with Crippen LogP contribution in [0.5, 0.6) is 5.75 Å². The Morgan fingerprint density at radius 2 is 2.14 bits per heavy atom. The van der Waals surface area contributed by atoms with Crippen molar-refractivity contribution in [1.29, 1.82) is 0 Å². The normalized spacial score (nSPS) is 20.6. The molecule has 0 radical (unpaired) electrons. The molecule has 2 N–H and O–H groups in total. The molecule has 22 heavy (non-hydrogen) atoms. The zero-order valence-corrected chi connectivity index (χ0v) is 11.7. The number of phenols is 1.